The minimum atomic E-state index is 0. The zero-order valence-corrected chi connectivity index (χ0v) is 19.9. The van der Waals surface area contributed by atoms with Crippen LogP contribution in [0.1, 0.15) is 39.5 Å². The Morgan fingerprint density at radius 3 is 2.84 bits per heavy atom. The molecule has 0 atom stereocenters. The molecule has 32 heavy (non-hydrogen) atoms. The number of fused-ring (bicyclic) bond motifs is 6. The van der Waals surface area contributed by atoms with E-state index in [9.17, 15) is 4.79 Å². The van der Waals surface area contributed by atoms with Crippen molar-refractivity contribution in [2.75, 3.05) is 19.0 Å². The first-order valence-corrected chi connectivity index (χ1v) is 12.2. The number of benzene rings is 1. The first-order valence-electron chi connectivity index (χ1n) is 10.4. The molecule has 4 heterocycles. The van der Waals surface area contributed by atoms with Crippen LogP contribution in [0.4, 0.5) is 0 Å². The molecule has 4 aromatic rings. The second kappa shape index (κ2) is 8.53. The zero-order chi connectivity index (χ0) is 20.9. The molecule has 0 radical (unpaired) electrons. The Morgan fingerprint density at radius 1 is 1.16 bits per heavy atom. The minimum absolute atomic E-state index is 0. The molecule has 0 saturated heterocycles. The lowest BCUT2D eigenvalue weighted by molar-refractivity contribution is 0.102. The van der Waals surface area contributed by atoms with E-state index in [1.807, 2.05) is 11.3 Å². The first kappa shape index (κ1) is 21.5. The van der Waals surface area contributed by atoms with E-state index in [0.717, 1.165) is 34.5 Å². The van der Waals surface area contributed by atoms with Gasteiger partial charge in [-0.15, -0.1) is 33.9 Å². The van der Waals surface area contributed by atoms with E-state index in [1.165, 1.54) is 35.0 Å². The number of rotatable bonds is 4. The van der Waals surface area contributed by atoms with E-state index in [-0.39, 0.29) is 23.9 Å². The summed E-state index contributed by atoms with van der Waals surface area (Å²) >= 11 is 3.18. The maximum absolute atomic E-state index is 12.8. The number of thiophene rings is 1. The van der Waals surface area contributed by atoms with Gasteiger partial charge in [0.05, 0.1) is 11.1 Å². The Labute approximate surface area is 198 Å². The molecule has 0 N–H and O–H groups in total. The highest BCUT2D eigenvalue weighted by Gasteiger charge is 2.23. The van der Waals surface area contributed by atoms with Crippen molar-refractivity contribution in [2.45, 2.75) is 37.8 Å². The fourth-order valence-electron chi connectivity index (χ4n) is 4.31. The molecule has 1 aliphatic heterocycles. The number of aromatic nitrogens is 4. The Kier molecular flexibility index (Phi) is 5.73. The molecule has 0 saturated carbocycles. The SMILES string of the molecule is Cc1nc2sc3c(c2c2nnc(SCC(=O)c4ccc5c(c4)OCCO5)n12)CCCC3.Cl. The van der Waals surface area contributed by atoms with Gasteiger partial charge in [0.2, 0.25) is 0 Å². The summed E-state index contributed by atoms with van der Waals surface area (Å²) in [4.78, 5) is 20.2. The van der Waals surface area contributed by atoms with Gasteiger partial charge in [-0.25, -0.2) is 4.98 Å². The van der Waals surface area contributed by atoms with Crippen LogP contribution in [0, 0.1) is 6.92 Å². The highest BCUT2D eigenvalue weighted by atomic mass is 35.5. The lowest BCUT2D eigenvalue weighted by Crippen LogP contribution is -2.16. The van der Waals surface area contributed by atoms with Crippen LogP contribution in [0.15, 0.2) is 23.4 Å². The van der Waals surface area contributed by atoms with Crippen molar-refractivity contribution in [3.63, 3.8) is 0 Å². The maximum atomic E-state index is 12.8. The molecule has 10 heteroatoms. The molecule has 6 rings (SSSR count). The van der Waals surface area contributed by atoms with Gasteiger partial charge in [0.25, 0.3) is 0 Å². The average Bonchev–Trinajstić information content (AvgIpc) is 3.38. The zero-order valence-electron chi connectivity index (χ0n) is 17.4. The topological polar surface area (TPSA) is 78.6 Å². The molecular formula is C22H21ClN4O3S2. The summed E-state index contributed by atoms with van der Waals surface area (Å²) in [6.45, 7) is 3.00. The van der Waals surface area contributed by atoms with Gasteiger partial charge in [-0.2, -0.15) is 0 Å². The molecule has 7 nitrogen and oxygen atoms in total. The third kappa shape index (κ3) is 3.52. The Balaban J connectivity index is 0.00000216. The molecular weight excluding hydrogens is 468 g/mol. The van der Waals surface area contributed by atoms with Crippen molar-refractivity contribution in [3.05, 3.63) is 40.0 Å². The number of Topliss-reactive ketones (excluding diaryl/α,β-unsaturated/α-hetero) is 1. The molecule has 0 unspecified atom stereocenters. The summed E-state index contributed by atoms with van der Waals surface area (Å²) in [5.74, 6) is 2.43. The Morgan fingerprint density at radius 2 is 1.97 bits per heavy atom. The largest absolute Gasteiger partial charge is 0.486 e. The van der Waals surface area contributed by atoms with E-state index in [0.29, 0.717) is 35.4 Å². The van der Waals surface area contributed by atoms with Gasteiger partial charge in [-0.1, -0.05) is 11.8 Å². The van der Waals surface area contributed by atoms with Crippen LogP contribution in [0.5, 0.6) is 11.5 Å². The van der Waals surface area contributed by atoms with E-state index >= 15 is 0 Å². The second-order valence-electron chi connectivity index (χ2n) is 7.76. The van der Waals surface area contributed by atoms with E-state index < -0.39 is 0 Å². The third-order valence-electron chi connectivity index (χ3n) is 5.79. The minimum Gasteiger partial charge on any atom is -0.486 e. The van der Waals surface area contributed by atoms with Crippen molar-refractivity contribution >= 4 is 57.2 Å². The summed E-state index contributed by atoms with van der Waals surface area (Å²) in [6.07, 6.45) is 4.65. The second-order valence-corrected chi connectivity index (χ2v) is 9.79. The van der Waals surface area contributed by atoms with Gasteiger partial charge in [-0.05, 0) is 56.4 Å². The summed E-state index contributed by atoms with van der Waals surface area (Å²) in [5, 5.41) is 10.8. The van der Waals surface area contributed by atoms with Crippen molar-refractivity contribution < 1.29 is 14.3 Å². The molecule has 0 amide bonds. The van der Waals surface area contributed by atoms with Crippen molar-refractivity contribution in [2.24, 2.45) is 0 Å². The molecule has 1 aromatic carbocycles. The first-order chi connectivity index (χ1) is 15.2. The smallest absolute Gasteiger partial charge is 0.197 e. The van der Waals surface area contributed by atoms with Crippen LogP contribution in [-0.2, 0) is 12.8 Å². The number of aryl methyl sites for hydroxylation is 3. The number of ketones is 1. The summed E-state index contributed by atoms with van der Waals surface area (Å²) in [5.41, 5.74) is 2.85. The molecule has 2 aliphatic rings. The molecule has 1 aliphatic carbocycles. The lowest BCUT2D eigenvalue weighted by Gasteiger charge is -2.18. The number of ether oxygens (including phenoxy) is 2. The highest BCUT2D eigenvalue weighted by molar-refractivity contribution is 7.99. The number of carbonyl (C=O) groups is 1. The summed E-state index contributed by atoms with van der Waals surface area (Å²) in [7, 11) is 0. The Bertz CT molecular complexity index is 1350. The fraction of sp³-hybridized carbons (Fsp3) is 0.364. The molecule has 166 valence electrons. The third-order valence-corrected chi connectivity index (χ3v) is 7.91. The number of hydrogen-bond donors (Lipinski definition) is 0. The van der Waals surface area contributed by atoms with Crippen LogP contribution in [0.25, 0.3) is 15.9 Å². The molecule has 0 spiro atoms. The monoisotopic (exact) mass is 488 g/mol. The number of carbonyl (C=O) groups excluding carboxylic acids is 1. The van der Waals surface area contributed by atoms with Crippen molar-refractivity contribution in [3.8, 4) is 11.5 Å². The van der Waals surface area contributed by atoms with Gasteiger partial charge < -0.3 is 9.47 Å². The number of halogens is 1. The molecule has 0 bridgehead atoms. The predicted molar refractivity (Wildman–Crippen MR) is 127 cm³/mol. The van der Waals surface area contributed by atoms with Gasteiger partial charge >= 0.3 is 0 Å². The lowest BCUT2D eigenvalue weighted by atomic mass is 9.97. The number of nitrogens with zero attached hydrogens (tertiary/aromatic N) is 4. The van der Waals surface area contributed by atoms with Crippen LogP contribution >= 0.6 is 35.5 Å². The van der Waals surface area contributed by atoms with E-state index in [4.69, 9.17) is 14.5 Å². The predicted octanol–water partition coefficient (Wildman–Crippen LogP) is 4.69. The average molecular weight is 489 g/mol. The van der Waals surface area contributed by atoms with Gasteiger partial charge in [0.1, 0.15) is 23.9 Å². The van der Waals surface area contributed by atoms with E-state index in [1.54, 1.807) is 29.5 Å². The Hall–Kier alpha value is -2.36. The van der Waals surface area contributed by atoms with Crippen molar-refractivity contribution in [1.29, 1.82) is 0 Å². The van der Waals surface area contributed by atoms with Gasteiger partial charge in [-0.3, -0.25) is 9.20 Å². The van der Waals surface area contributed by atoms with Gasteiger partial charge in [0.15, 0.2) is 28.1 Å². The quantitative estimate of drug-likeness (QED) is 0.304. The van der Waals surface area contributed by atoms with Crippen LogP contribution in [-0.4, -0.2) is 44.3 Å². The normalized spacial score (nSPS) is 14.9. The van der Waals surface area contributed by atoms with Crippen molar-refractivity contribution in [1.82, 2.24) is 19.6 Å². The number of thioether (sulfide) groups is 1. The maximum Gasteiger partial charge on any atom is 0.197 e. The highest BCUT2D eigenvalue weighted by Crippen LogP contribution is 2.38. The van der Waals surface area contributed by atoms with Gasteiger partial charge in [0, 0.05) is 10.4 Å². The fourth-order valence-corrected chi connectivity index (χ4v) is 6.48. The number of hydrogen-bond acceptors (Lipinski definition) is 8. The standard InChI is InChI=1S/C22H20N4O3S2.ClH/c1-12-23-21-19(14-4-2-3-5-18(14)31-21)20-24-25-22(26(12)20)30-11-15(27)13-6-7-16-17(10-13)29-9-8-28-16;/h6-7,10H,2-5,8-9,11H2,1H3;1H. The summed E-state index contributed by atoms with van der Waals surface area (Å²) in [6, 6.07) is 5.34. The molecule has 3 aromatic heterocycles. The van der Waals surface area contributed by atoms with E-state index in [2.05, 4.69) is 10.2 Å². The molecule has 0 fully saturated rings. The van der Waals surface area contributed by atoms with Crippen LogP contribution in [0.3, 0.4) is 0 Å². The summed E-state index contributed by atoms with van der Waals surface area (Å²) < 4.78 is 13.1. The van der Waals surface area contributed by atoms with Crippen LogP contribution in [0.2, 0.25) is 0 Å². The van der Waals surface area contributed by atoms with Crippen LogP contribution < -0.4 is 9.47 Å².